The first kappa shape index (κ1) is 13.4. The van der Waals surface area contributed by atoms with Gasteiger partial charge >= 0.3 is 0 Å². The van der Waals surface area contributed by atoms with Crippen molar-refractivity contribution in [3.05, 3.63) is 40.0 Å². The lowest BCUT2D eigenvalue weighted by molar-refractivity contribution is 0.554. The average Bonchev–Trinajstić information content (AvgIpc) is 3.08. The van der Waals surface area contributed by atoms with Crippen LogP contribution in [0, 0.1) is 5.92 Å². The summed E-state index contributed by atoms with van der Waals surface area (Å²) in [6, 6.07) is 8.66. The van der Waals surface area contributed by atoms with Gasteiger partial charge < -0.3 is 11.1 Å². The quantitative estimate of drug-likeness (QED) is 0.684. The Hall–Kier alpha value is -1.59. The van der Waals surface area contributed by atoms with E-state index in [4.69, 9.17) is 5.73 Å². The molecule has 3 N–H and O–H groups in total. The molecule has 104 valence electrons. The fourth-order valence-corrected chi connectivity index (χ4v) is 3.92. The Morgan fingerprint density at radius 1 is 1.20 bits per heavy atom. The van der Waals surface area contributed by atoms with Gasteiger partial charge in [-0.05, 0) is 29.5 Å². The highest BCUT2D eigenvalue weighted by atomic mass is 32.1. The van der Waals surface area contributed by atoms with Crippen molar-refractivity contribution in [3.8, 4) is 0 Å². The third-order valence-corrected chi connectivity index (χ3v) is 5.12. The molecule has 0 radical (unpaired) electrons. The summed E-state index contributed by atoms with van der Waals surface area (Å²) < 4.78 is 1.13. The fourth-order valence-electron chi connectivity index (χ4n) is 2.28. The van der Waals surface area contributed by atoms with Crippen molar-refractivity contribution < 1.29 is 0 Å². The minimum absolute atomic E-state index is 0.272. The predicted octanol–water partition coefficient (Wildman–Crippen LogP) is 4.75. The van der Waals surface area contributed by atoms with Gasteiger partial charge in [0.15, 0.2) is 0 Å². The van der Waals surface area contributed by atoms with E-state index in [0.717, 1.165) is 21.6 Å². The lowest BCUT2D eigenvalue weighted by atomic mass is 10.0. The molecule has 0 aliphatic rings. The lowest BCUT2D eigenvalue weighted by Crippen LogP contribution is -2.16. The number of nitrogens with zero attached hydrogens (tertiary/aromatic N) is 1. The maximum Gasteiger partial charge on any atom is 0.106 e. The summed E-state index contributed by atoms with van der Waals surface area (Å²) in [5.41, 5.74) is 10.7. The lowest BCUT2D eigenvalue weighted by Gasteiger charge is -2.23. The van der Waals surface area contributed by atoms with Crippen molar-refractivity contribution in [3.63, 3.8) is 0 Å². The van der Waals surface area contributed by atoms with Crippen LogP contribution in [-0.2, 0) is 0 Å². The van der Waals surface area contributed by atoms with E-state index >= 15 is 0 Å². The molecule has 0 saturated carbocycles. The van der Waals surface area contributed by atoms with Crippen LogP contribution in [0.15, 0.2) is 35.2 Å². The zero-order valence-corrected chi connectivity index (χ0v) is 13.1. The Labute approximate surface area is 126 Å². The number of thiophene rings is 1. The van der Waals surface area contributed by atoms with Crippen molar-refractivity contribution in [2.75, 3.05) is 11.1 Å². The smallest absolute Gasteiger partial charge is 0.106 e. The number of anilines is 2. The molecule has 1 aromatic carbocycles. The van der Waals surface area contributed by atoms with Crippen LogP contribution in [0.5, 0.6) is 0 Å². The molecule has 1 unspecified atom stereocenters. The summed E-state index contributed by atoms with van der Waals surface area (Å²) >= 11 is 3.39. The number of benzene rings is 1. The first-order valence-electron chi connectivity index (χ1n) is 6.58. The number of nitrogens with two attached hydrogens (primary N) is 1. The third-order valence-electron chi connectivity index (χ3n) is 3.37. The molecule has 3 rings (SSSR count). The van der Waals surface area contributed by atoms with Crippen LogP contribution in [0.2, 0.25) is 0 Å². The number of fused-ring (bicyclic) bond motifs is 1. The standard InChI is InChI=1S/C15H17N3S2/c1-9(2)14(11-4-3-7-19-11)18-10-5-6-12-15(13(10)16)17-8-20-12/h3-9,14,18H,16H2,1-2H3. The molecule has 2 aromatic heterocycles. The topological polar surface area (TPSA) is 50.9 Å². The first-order valence-corrected chi connectivity index (χ1v) is 8.34. The van der Waals surface area contributed by atoms with Crippen LogP contribution in [0.3, 0.4) is 0 Å². The van der Waals surface area contributed by atoms with Crippen molar-refractivity contribution in [1.82, 2.24) is 4.98 Å². The molecule has 0 saturated heterocycles. The Bertz CT molecular complexity index is 701. The summed E-state index contributed by atoms with van der Waals surface area (Å²) in [7, 11) is 0. The monoisotopic (exact) mass is 303 g/mol. The first-order chi connectivity index (χ1) is 9.66. The molecule has 2 heterocycles. The van der Waals surface area contributed by atoms with Crippen LogP contribution in [-0.4, -0.2) is 4.98 Å². The molecule has 0 bridgehead atoms. The van der Waals surface area contributed by atoms with E-state index < -0.39 is 0 Å². The number of thiazole rings is 1. The highest BCUT2D eigenvalue weighted by Crippen LogP contribution is 2.35. The number of nitrogen functional groups attached to an aromatic ring is 1. The second kappa shape index (κ2) is 5.42. The van der Waals surface area contributed by atoms with Crippen LogP contribution in [0.25, 0.3) is 10.2 Å². The van der Waals surface area contributed by atoms with Crippen molar-refractivity contribution in [2.24, 2.45) is 5.92 Å². The molecule has 0 fully saturated rings. The Morgan fingerprint density at radius 3 is 2.75 bits per heavy atom. The van der Waals surface area contributed by atoms with E-state index in [1.165, 1.54) is 4.88 Å². The minimum Gasteiger partial charge on any atom is -0.395 e. The summed E-state index contributed by atoms with van der Waals surface area (Å²) in [5, 5.41) is 5.69. The van der Waals surface area contributed by atoms with E-state index in [1.807, 2.05) is 5.51 Å². The van der Waals surface area contributed by atoms with E-state index in [1.54, 1.807) is 22.7 Å². The maximum atomic E-state index is 6.25. The van der Waals surface area contributed by atoms with Crippen molar-refractivity contribution >= 4 is 44.3 Å². The maximum absolute atomic E-state index is 6.25. The van der Waals surface area contributed by atoms with Gasteiger partial charge in [0.2, 0.25) is 0 Å². The van der Waals surface area contributed by atoms with Gasteiger partial charge in [-0.15, -0.1) is 22.7 Å². The van der Waals surface area contributed by atoms with Crippen molar-refractivity contribution in [2.45, 2.75) is 19.9 Å². The van der Waals surface area contributed by atoms with E-state index in [-0.39, 0.29) is 6.04 Å². The molecule has 5 heteroatoms. The number of rotatable bonds is 4. The fraction of sp³-hybridized carbons (Fsp3) is 0.267. The number of nitrogens with one attached hydrogen (secondary N) is 1. The summed E-state index contributed by atoms with van der Waals surface area (Å²) in [6.07, 6.45) is 0. The largest absolute Gasteiger partial charge is 0.395 e. The third kappa shape index (κ3) is 2.39. The zero-order valence-electron chi connectivity index (χ0n) is 11.5. The van der Waals surface area contributed by atoms with Gasteiger partial charge in [0.25, 0.3) is 0 Å². The highest BCUT2D eigenvalue weighted by molar-refractivity contribution is 7.16. The molecule has 20 heavy (non-hydrogen) atoms. The van der Waals surface area contributed by atoms with Crippen LogP contribution >= 0.6 is 22.7 Å². The highest BCUT2D eigenvalue weighted by Gasteiger charge is 2.18. The number of hydrogen-bond acceptors (Lipinski definition) is 5. The Kier molecular flexibility index (Phi) is 3.63. The van der Waals surface area contributed by atoms with Gasteiger partial charge in [-0.1, -0.05) is 19.9 Å². The van der Waals surface area contributed by atoms with Gasteiger partial charge in [0, 0.05) is 4.88 Å². The number of hydrogen-bond donors (Lipinski definition) is 2. The van der Waals surface area contributed by atoms with Gasteiger partial charge in [0.1, 0.15) is 5.52 Å². The second-order valence-electron chi connectivity index (χ2n) is 5.11. The van der Waals surface area contributed by atoms with Gasteiger partial charge in [0.05, 0.1) is 27.6 Å². The van der Waals surface area contributed by atoms with E-state index in [9.17, 15) is 0 Å². The summed E-state index contributed by atoms with van der Waals surface area (Å²) in [4.78, 5) is 5.68. The Morgan fingerprint density at radius 2 is 2.05 bits per heavy atom. The van der Waals surface area contributed by atoms with Crippen LogP contribution in [0.4, 0.5) is 11.4 Å². The van der Waals surface area contributed by atoms with Crippen molar-refractivity contribution in [1.29, 1.82) is 0 Å². The number of aromatic nitrogens is 1. The molecule has 0 spiro atoms. The SMILES string of the molecule is CC(C)C(Nc1ccc2scnc2c1N)c1cccs1. The molecule has 3 nitrogen and oxygen atoms in total. The van der Waals surface area contributed by atoms with Gasteiger partial charge in [-0.3, -0.25) is 0 Å². The molecule has 3 aromatic rings. The molecule has 0 aliphatic heterocycles. The average molecular weight is 303 g/mol. The Balaban J connectivity index is 1.96. The summed E-state index contributed by atoms with van der Waals surface area (Å²) in [6.45, 7) is 4.43. The van der Waals surface area contributed by atoms with Crippen LogP contribution < -0.4 is 11.1 Å². The van der Waals surface area contributed by atoms with Gasteiger partial charge in [-0.25, -0.2) is 4.98 Å². The minimum atomic E-state index is 0.272. The molecular formula is C15H17N3S2. The van der Waals surface area contributed by atoms with Crippen LogP contribution in [0.1, 0.15) is 24.8 Å². The van der Waals surface area contributed by atoms with Gasteiger partial charge in [-0.2, -0.15) is 0 Å². The predicted molar refractivity (Wildman–Crippen MR) is 89.6 cm³/mol. The molecule has 1 atom stereocenters. The molecule has 0 aliphatic carbocycles. The van der Waals surface area contributed by atoms with E-state index in [2.05, 4.69) is 53.8 Å². The molecular weight excluding hydrogens is 286 g/mol. The molecule has 0 amide bonds. The zero-order chi connectivity index (χ0) is 14.1. The second-order valence-corrected chi connectivity index (χ2v) is 6.97. The summed E-state index contributed by atoms with van der Waals surface area (Å²) in [5.74, 6) is 0.485. The normalized spacial score (nSPS) is 12.9. The van der Waals surface area contributed by atoms with E-state index in [0.29, 0.717) is 5.92 Å².